The van der Waals surface area contributed by atoms with Crippen LogP contribution in [0.4, 0.5) is 0 Å². The van der Waals surface area contributed by atoms with Crippen molar-refractivity contribution in [2.45, 2.75) is 0 Å². The van der Waals surface area contributed by atoms with Gasteiger partial charge in [-0.05, 0) is 0 Å². The van der Waals surface area contributed by atoms with Crippen LogP contribution in [0.1, 0.15) is 10.6 Å². The molecule has 0 aliphatic carbocycles. The number of nitrogens with zero attached hydrogens (tertiary/aromatic N) is 1. The number of aldehydes is 1. The van der Waals surface area contributed by atoms with E-state index in [0.29, 0.717) is 11.4 Å². The van der Waals surface area contributed by atoms with E-state index in [-0.39, 0.29) is 5.82 Å². The van der Waals surface area contributed by atoms with Crippen molar-refractivity contribution in [1.82, 2.24) is 9.97 Å². The first-order valence-electron chi connectivity index (χ1n) is 1.98. The van der Waals surface area contributed by atoms with Crippen LogP contribution in [0.5, 0.6) is 0 Å². The third kappa shape index (κ3) is 0.869. The average molecular weight is 131 g/mol. The van der Waals surface area contributed by atoms with Crippen molar-refractivity contribution in [2.75, 3.05) is 0 Å². The molecule has 3 nitrogen and oxygen atoms in total. The van der Waals surface area contributed by atoms with E-state index in [0.717, 1.165) is 0 Å². The zero-order valence-corrected chi connectivity index (χ0v) is 4.64. The Balaban J connectivity index is 3.00. The van der Waals surface area contributed by atoms with Gasteiger partial charge < -0.3 is 4.98 Å². The highest BCUT2D eigenvalue weighted by molar-refractivity contribution is 6.29. The molecule has 4 heteroatoms. The largest absolute Gasteiger partial charge is 0.327 e. The Labute approximate surface area is 50.7 Å². The first-order valence-corrected chi connectivity index (χ1v) is 2.36. The lowest BCUT2D eigenvalue weighted by Crippen LogP contribution is -1.78. The van der Waals surface area contributed by atoms with Crippen LogP contribution in [0.25, 0.3) is 0 Å². The normalized spacial score (nSPS) is 9.12. The van der Waals surface area contributed by atoms with Gasteiger partial charge in [-0.1, -0.05) is 11.6 Å². The first kappa shape index (κ1) is 5.31. The predicted octanol–water partition coefficient (Wildman–Crippen LogP) is 0.876. The van der Waals surface area contributed by atoms with Gasteiger partial charge in [0, 0.05) is 0 Å². The molecule has 0 radical (unpaired) electrons. The molecule has 0 unspecified atom stereocenters. The first-order chi connectivity index (χ1) is 3.83. The number of aromatic amines is 1. The van der Waals surface area contributed by atoms with Gasteiger partial charge in [-0.25, -0.2) is 4.98 Å². The Hall–Kier alpha value is -0.830. The van der Waals surface area contributed by atoms with Crippen LogP contribution in [-0.2, 0) is 0 Å². The summed E-state index contributed by atoms with van der Waals surface area (Å²) in [7, 11) is 0. The van der Waals surface area contributed by atoms with E-state index < -0.39 is 0 Å². The van der Waals surface area contributed by atoms with Crippen molar-refractivity contribution >= 4 is 17.9 Å². The van der Waals surface area contributed by atoms with E-state index in [1.807, 2.05) is 0 Å². The summed E-state index contributed by atoms with van der Waals surface area (Å²) in [5.74, 6) is 0.259. The Morgan fingerprint density at radius 2 is 2.62 bits per heavy atom. The van der Waals surface area contributed by atoms with Crippen LogP contribution in [0.3, 0.4) is 0 Å². The van der Waals surface area contributed by atoms with E-state index in [1.165, 1.54) is 6.20 Å². The number of aromatic nitrogens is 2. The Kier molecular flexibility index (Phi) is 1.30. The third-order valence-electron chi connectivity index (χ3n) is 0.676. The lowest BCUT2D eigenvalue weighted by Gasteiger charge is -1.72. The standard InChI is InChI=1S/C4H3ClN2O/c5-3-1-6-4(2-8)7-3/h1-2H,(H,6,7). The molecule has 0 spiro atoms. The molecule has 1 heterocycles. The Morgan fingerprint density at radius 3 is 2.88 bits per heavy atom. The Bertz CT molecular complexity index is 196. The molecule has 0 bridgehead atoms. The highest BCUT2D eigenvalue weighted by Gasteiger charge is 1.91. The molecule has 42 valence electrons. The maximum atomic E-state index is 9.87. The maximum Gasteiger partial charge on any atom is 0.185 e. The minimum absolute atomic E-state index is 0.259. The van der Waals surface area contributed by atoms with Crippen molar-refractivity contribution in [2.24, 2.45) is 0 Å². The van der Waals surface area contributed by atoms with Gasteiger partial charge in [-0.3, -0.25) is 4.79 Å². The van der Waals surface area contributed by atoms with E-state index in [9.17, 15) is 4.79 Å². The van der Waals surface area contributed by atoms with Crippen LogP contribution >= 0.6 is 11.6 Å². The number of nitrogens with one attached hydrogen (secondary N) is 1. The summed E-state index contributed by atoms with van der Waals surface area (Å²) >= 11 is 5.36. The van der Waals surface area contributed by atoms with Crippen LogP contribution in [0.15, 0.2) is 6.20 Å². The maximum absolute atomic E-state index is 9.87. The third-order valence-corrected chi connectivity index (χ3v) is 0.868. The number of carbonyl (C=O) groups is 1. The van der Waals surface area contributed by atoms with E-state index >= 15 is 0 Å². The number of imidazole rings is 1. The molecule has 0 aliphatic heterocycles. The number of hydrogen-bond acceptors (Lipinski definition) is 2. The van der Waals surface area contributed by atoms with Gasteiger partial charge >= 0.3 is 0 Å². The molecule has 8 heavy (non-hydrogen) atoms. The van der Waals surface area contributed by atoms with Crippen molar-refractivity contribution in [3.05, 3.63) is 17.2 Å². The molecule has 0 aliphatic rings. The zero-order chi connectivity index (χ0) is 5.98. The van der Waals surface area contributed by atoms with Crippen molar-refractivity contribution in [3.63, 3.8) is 0 Å². The molecular formula is C4H3ClN2O. The molecule has 0 atom stereocenters. The van der Waals surface area contributed by atoms with Crippen molar-refractivity contribution < 1.29 is 4.79 Å². The molecule has 1 aromatic heterocycles. The second kappa shape index (κ2) is 1.96. The number of hydrogen-bond donors (Lipinski definition) is 1. The molecule has 0 amide bonds. The fraction of sp³-hybridized carbons (Fsp3) is 0. The number of carbonyl (C=O) groups excluding carboxylic acids is 1. The van der Waals surface area contributed by atoms with E-state index in [4.69, 9.17) is 11.6 Å². The van der Waals surface area contributed by atoms with E-state index in [2.05, 4.69) is 9.97 Å². The summed E-state index contributed by atoms with van der Waals surface area (Å²) in [6.07, 6.45) is 1.98. The fourth-order valence-electron chi connectivity index (χ4n) is 0.373. The molecule has 1 rings (SSSR count). The summed E-state index contributed by atoms with van der Waals surface area (Å²) in [5.41, 5.74) is 0. The van der Waals surface area contributed by atoms with Crippen LogP contribution < -0.4 is 0 Å². The number of H-pyrrole nitrogens is 1. The van der Waals surface area contributed by atoms with E-state index in [1.54, 1.807) is 0 Å². The van der Waals surface area contributed by atoms with Gasteiger partial charge in [-0.15, -0.1) is 0 Å². The second-order valence-electron chi connectivity index (χ2n) is 1.23. The fourth-order valence-corrected chi connectivity index (χ4v) is 0.519. The van der Waals surface area contributed by atoms with Crippen molar-refractivity contribution in [1.29, 1.82) is 0 Å². The van der Waals surface area contributed by atoms with Gasteiger partial charge in [0.2, 0.25) is 0 Å². The van der Waals surface area contributed by atoms with Gasteiger partial charge in [0.1, 0.15) is 5.15 Å². The summed E-state index contributed by atoms with van der Waals surface area (Å²) in [4.78, 5) is 16.0. The molecule has 0 saturated carbocycles. The average Bonchev–Trinajstić information content (AvgIpc) is 2.14. The van der Waals surface area contributed by atoms with Crippen LogP contribution in [0, 0.1) is 0 Å². The van der Waals surface area contributed by atoms with Gasteiger partial charge in [0.25, 0.3) is 0 Å². The minimum Gasteiger partial charge on any atom is -0.327 e. The quantitative estimate of drug-likeness (QED) is 0.574. The number of halogens is 1. The molecule has 0 aromatic carbocycles. The molecule has 0 saturated heterocycles. The predicted molar refractivity (Wildman–Crippen MR) is 29.0 cm³/mol. The summed E-state index contributed by atoms with van der Waals surface area (Å²) in [6.45, 7) is 0. The molecular weight excluding hydrogens is 128 g/mol. The van der Waals surface area contributed by atoms with Gasteiger partial charge in [0.15, 0.2) is 12.1 Å². The molecule has 0 fully saturated rings. The minimum atomic E-state index is 0.259. The topological polar surface area (TPSA) is 45.8 Å². The lowest BCUT2D eigenvalue weighted by molar-refractivity contribution is 0.111. The van der Waals surface area contributed by atoms with Gasteiger partial charge in [0.05, 0.1) is 6.20 Å². The highest BCUT2D eigenvalue weighted by Crippen LogP contribution is 2.00. The van der Waals surface area contributed by atoms with Crippen LogP contribution in [0.2, 0.25) is 5.15 Å². The van der Waals surface area contributed by atoms with Gasteiger partial charge in [-0.2, -0.15) is 0 Å². The molecule has 1 aromatic rings. The SMILES string of the molecule is O=Cc1ncc(Cl)[nH]1. The monoisotopic (exact) mass is 130 g/mol. The molecule has 1 N–H and O–H groups in total. The summed E-state index contributed by atoms with van der Waals surface area (Å²) in [6, 6.07) is 0. The van der Waals surface area contributed by atoms with Crippen molar-refractivity contribution in [3.8, 4) is 0 Å². The number of rotatable bonds is 1. The Morgan fingerprint density at radius 1 is 1.88 bits per heavy atom. The van der Waals surface area contributed by atoms with Crippen LogP contribution in [-0.4, -0.2) is 16.3 Å². The lowest BCUT2D eigenvalue weighted by atomic mass is 10.7. The summed E-state index contributed by atoms with van der Waals surface area (Å²) in [5, 5.41) is 0.382. The zero-order valence-electron chi connectivity index (χ0n) is 3.89. The second-order valence-corrected chi connectivity index (χ2v) is 1.64. The smallest absolute Gasteiger partial charge is 0.185 e. The summed E-state index contributed by atoms with van der Waals surface area (Å²) < 4.78 is 0. The highest BCUT2D eigenvalue weighted by atomic mass is 35.5.